The van der Waals surface area contributed by atoms with E-state index in [0.717, 1.165) is 6.07 Å². The largest absolute Gasteiger partial charge is 0.480 e. The molecular weight excluding hydrogens is 376 g/mol. The van der Waals surface area contributed by atoms with Crippen molar-refractivity contribution < 1.29 is 31.1 Å². The third-order valence-electron chi connectivity index (χ3n) is 3.98. The van der Waals surface area contributed by atoms with Gasteiger partial charge in [-0.2, -0.15) is 13.2 Å². The predicted octanol–water partition coefficient (Wildman–Crippen LogP) is 4.87. The maximum Gasteiger partial charge on any atom is 0.420 e. The molecule has 0 aliphatic rings. The lowest BCUT2D eigenvalue weighted by Gasteiger charge is -2.21. The van der Waals surface area contributed by atoms with Crippen molar-refractivity contribution in [3.8, 4) is 5.75 Å². The van der Waals surface area contributed by atoms with Gasteiger partial charge in [0.25, 0.3) is 0 Å². The number of hydrogen-bond acceptors (Lipinski definition) is 3. The van der Waals surface area contributed by atoms with Crippen LogP contribution in [0, 0.1) is 17.5 Å². The Morgan fingerprint density at radius 2 is 1.74 bits per heavy atom. The summed E-state index contributed by atoms with van der Waals surface area (Å²) in [5, 5.41) is 7.31. The average molecular weight is 389 g/mol. The number of alkyl halides is 3. The fourth-order valence-corrected chi connectivity index (χ4v) is 2.77. The molecule has 3 rings (SSSR count). The molecule has 2 heterocycles. The van der Waals surface area contributed by atoms with Crippen LogP contribution in [0.4, 0.5) is 26.3 Å². The van der Waals surface area contributed by atoms with Crippen LogP contribution in [0.1, 0.15) is 36.9 Å². The Balaban J connectivity index is 2.11. The number of ether oxygens (including phenoxy) is 1. The molecule has 0 saturated carbocycles. The first-order valence-electron chi connectivity index (χ1n) is 7.88. The van der Waals surface area contributed by atoms with Crippen LogP contribution >= 0.6 is 0 Å². The molecule has 10 heteroatoms. The standard InChI is InChI=1S/C17H13F6N3O/c1-3-13-24-25-16-14(17(21,22)23)10(4-5-26(13)16)8(2)27-15-11(19)6-9(18)7-12(15)20/h4-8H,3H2,1-2H3/t8-/m1/s1. The van der Waals surface area contributed by atoms with E-state index < -0.39 is 46.7 Å². The van der Waals surface area contributed by atoms with E-state index in [4.69, 9.17) is 4.74 Å². The summed E-state index contributed by atoms with van der Waals surface area (Å²) in [6.45, 7) is 2.91. The highest BCUT2D eigenvalue weighted by Crippen LogP contribution is 2.39. The van der Waals surface area contributed by atoms with Crippen molar-refractivity contribution in [2.45, 2.75) is 32.5 Å². The van der Waals surface area contributed by atoms with Crippen molar-refractivity contribution in [1.29, 1.82) is 0 Å². The van der Waals surface area contributed by atoms with E-state index in [1.807, 2.05) is 0 Å². The van der Waals surface area contributed by atoms with Crippen molar-refractivity contribution in [3.05, 3.63) is 58.8 Å². The molecule has 1 aromatic carbocycles. The normalized spacial score (nSPS) is 13.2. The van der Waals surface area contributed by atoms with Gasteiger partial charge in [0.05, 0.1) is 0 Å². The van der Waals surface area contributed by atoms with Crippen LogP contribution < -0.4 is 4.74 Å². The number of hydrogen-bond donors (Lipinski definition) is 0. The second-order valence-corrected chi connectivity index (χ2v) is 5.77. The SMILES string of the molecule is CCc1nnc2c(C(F)(F)F)c([C@@H](C)Oc3c(F)cc(F)cc3F)ccn12. The van der Waals surface area contributed by atoms with Gasteiger partial charge in [-0.25, -0.2) is 13.2 Å². The van der Waals surface area contributed by atoms with E-state index in [-0.39, 0.29) is 5.56 Å². The summed E-state index contributed by atoms with van der Waals surface area (Å²) in [7, 11) is 0. The zero-order chi connectivity index (χ0) is 19.9. The van der Waals surface area contributed by atoms with Gasteiger partial charge in [-0.1, -0.05) is 6.92 Å². The molecule has 0 N–H and O–H groups in total. The molecule has 0 aliphatic heterocycles. The van der Waals surface area contributed by atoms with Crippen LogP contribution in [0.15, 0.2) is 24.4 Å². The second-order valence-electron chi connectivity index (χ2n) is 5.77. The van der Waals surface area contributed by atoms with Crippen molar-refractivity contribution in [1.82, 2.24) is 14.6 Å². The van der Waals surface area contributed by atoms with Gasteiger partial charge in [0.15, 0.2) is 23.0 Å². The quantitative estimate of drug-likeness (QED) is 0.598. The lowest BCUT2D eigenvalue weighted by Crippen LogP contribution is -2.17. The topological polar surface area (TPSA) is 39.4 Å². The summed E-state index contributed by atoms with van der Waals surface area (Å²) in [6.07, 6.45) is -4.53. The molecule has 0 aliphatic carbocycles. The maximum atomic E-state index is 13.8. The van der Waals surface area contributed by atoms with Gasteiger partial charge in [0.1, 0.15) is 23.3 Å². The lowest BCUT2D eigenvalue weighted by atomic mass is 10.0. The first kappa shape index (κ1) is 19.0. The van der Waals surface area contributed by atoms with E-state index in [1.54, 1.807) is 6.92 Å². The van der Waals surface area contributed by atoms with Crippen LogP contribution in [0.5, 0.6) is 5.75 Å². The van der Waals surface area contributed by atoms with Crippen LogP contribution in [0.2, 0.25) is 0 Å². The van der Waals surface area contributed by atoms with Crippen molar-refractivity contribution in [3.63, 3.8) is 0 Å². The van der Waals surface area contributed by atoms with Crippen molar-refractivity contribution in [2.24, 2.45) is 0 Å². The van der Waals surface area contributed by atoms with Gasteiger partial charge in [0, 0.05) is 30.3 Å². The Morgan fingerprint density at radius 1 is 1.11 bits per heavy atom. The monoisotopic (exact) mass is 389 g/mol. The lowest BCUT2D eigenvalue weighted by molar-refractivity contribution is -0.138. The van der Waals surface area contributed by atoms with Crippen LogP contribution in [0.3, 0.4) is 0 Å². The molecule has 0 spiro atoms. The van der Waals surface area contributed by atoms with Crippen LogP contribution in [-0.4, -0.2) is 14.6 Å². The minimum absolute atomic E-state index is 0.325. The average Bonchev–Trinajstić information content (AvgIpc) is 2.98. The molecule has 1 atom stereocenters. The first-order valence-corrected chi connectivity index (χ1v) is 7.88. The Bertz CT molecular complexity index is 975. The Labute approximate surface area is 149 Å². The summed E-state index contributed by atoms with van der Waals surface area (Å²) in [6, 6.07) is 1.89. The molecule has 0 saturated heterocycles. The number of halogens is 6. The molecule has 0 amide bonds. The first-order chi connectivity index (χ1) is 12.6. The number of pyridine rings is 1. The molecule has 2 aromatic heterocycles. The summed E-state index contributed by atoms with van der Waals surface area (Å²) in [5.41, 5.74) is -1.94. The fourth-order valence-electron chi connectivity index (χ4n) is 2.77. The maximum absolute atomic E-state index is 13.8. The smallest absolute Gasteiger partial charge is 0.420 e. The Morgan fingerprint density at radius 3 is 2.30 bits per heavy atom. The van der Waals surface area contributed by atoms with E-state index in [1.165, 1.54) is 17.5 Å². The van der Waals surface area contributed by atoms with Gasteiger partial charge in [-0.15, -0.1) is 10.2 Å². The fraction of sp³-hybridized carbons (Fsp3) is 0.294. The molecule has 3 aromatic rings. The highest BCUT2D eigenvalue weighted by Gasteiger charge is 2.39. The van der Waals surface area contributed by atoms with Gasteiger partial charge < -0.3 is 4.74 Å². The number of nitrogens with zero attached hydrogens (tertiary/aromatic N) is 3. The number of benzene rings is 1. The Hall–Kier alpha value is -2.78. The van der Waals surface area contributed by atoms with E-state index in [9.17, 15) is 26.3 Å². The van der Waals surface area contributed by atoms with Crippen molar-refractivity contribution in [2.75, 3.05) is 0 Å². The van der Waals surface area contributed by atoms with Gasteiger partial charge in [0.2, 0.25) is 0 Å². The summed E-state index contributed by atoms with van der Waals surface area (Å²) >= 11 is 0. The van der Waals surface area contributed by atoms with Crippen LogP contribution in [-0.2, 0) is 12.6 Å². The molecule has 0 fully saturated rings. The summed E-state index contributed by atoms with van der Waals surface area (Å²) in [5.74, 6) is -4.52. The third-order valence-corrected chi connectivity index (χ3v) is 3.98. The molecular formula is C17H13F6N3O. The van der Waals surface area contributed by atoms with Gasteiger partial charge in [-0.3, -0.25) is 4.40 Å². The molecule has 0 bridgehead atoms. The van der Waals surface area contributed by atoms with E-state index in [0.29, 0.717) is 24.4 Å². The molecule has 144 valence electrons. The van der Waals surface area contributed by atoms with Gasteiger partial charge in [-0.05, 0) is 13.0 Å². The summed E-state index contributed by atoms with van der Waals surface area (Å²) < 4.78 is 87.8. The number of rotatable bonds is 4. The van der Waals surface area contributed by atoms with E-state index in [2.05, 4.69) is 10.2 Å². The van der Waals surface area contributed by atoms with Crippen LogP contribution in [0.25, 0.3) is 5.65 Å². The van der Waals surface area contributed by atoms with Crippen molar-refractivity contribution >= 4 is 5.65 Å². The molecule has 27 heavy (non-hydrogen) atoms. The minimum atomic E-state index is -4.81. The summed E-state index contributed by atoms with van der Waals surface area (Å²) in [4.78, 5) is 0. The minimum Gasteiger partial charge on any atom is -0.480 e. The number of fused-ring (bicyclic) bond motifs is 1. The Kier molecular flexibility index (Phi) is 4.75. The molecule has 0 unspecified atom stereocenters. The zero-order valence-electron chi connectivity index (χ0n) is 14.1. The molecule has 4 nitrogen and oxygen atoms in total. The van der Waals surface area contributed by atoms with E-state index >= 15 is 0 Å². The molecule has 0 radical (unpaired) electrons. The highest BCUT2D eigenvalue weighted by atomic mass is 19.4. The predicted molar refractivity (Wildman–Crippen MR) is 82.7 cm³/mol. The third kappa shape index (κ3) is 3.43. The number of aryl methyl sites for hydroxylation is 1. The zero-order valence-corrected chi connectivity index (χ0v) is 14.1. The number of aromatic nitrogens is 3. The van der Waals surface area contributed by atoms with Gasteiger partial charge >= 0.3 is 6.18 Å². The second kappa shape index (κ2) is 6.75. The highest BCUT2D eigenvalue weighted by molar-refractivity contribution is 5.54.